The molecule has 0 aliphatic heterocycles. The summed E-state index contributed by atoms with van der Waals surface area (Å²) in [5.74, 6) is -2.74. The van der Waals surface area contributed by atoms with Gasteiger partial charge < -0.3 is 4.74 Å². The zero-order valence-electron chi connectivity index (χ0n) is 20.9. The zero-order valence-corrected chi connectivity index (χ0v) is 20.9. The van der Waals surface area contributed by atoms with Crippen molar-refractivity contribution in [3.8, 4) is 28.7 Å². The lowest BCUT2D eigenvalue weighted by Gasteiger charge is -2.22. The van der Waals surface area contributed by atoms with E-state index in [9.17, 15) is 35.1 Å². The molecule has 40 heavy (non-hydrogen) atoms. The predicted molar refractivity (Wildman–Crippen MR) is 134 cm³/mol. The molecule has 4 aromatic rings. The fourth-order valence-electron chi connectivity index (χ4n) is 4.87. The van der Waals surface area contributed by atoms with Crippen LogP contribution in [0.2, 0.25) is 0 Å². The molecule has 1 aliphatic rings. The Morgan fingerprint density at radius 1 is 0.800 bits per heavy atom. The molecule has 0 heterocycles. The minimum atomic E-state index is -5.03. The van der Waals surface area contributed by atoms with E-state index in [1.54, 1.807) is 0 Å². The summed E-state index contributed by atoms with van der Waals surface area (Å²) in [4.78, 5) is 0. The smallest absolute Gasteiger partial charge is 0.429 e. The van der Waals surface area contributed by atoms with Crippen molar-refractivity contribution in [2.24, 2.45) is 5.92 Å². The topological polar surface area (TPSA) is 9.23 Å². The Morgan fingerprint density at radius 3 is 2.20 bits per heavy atom. The van der Waals surface area contributed by atoms with Crippen LogP contribution in [0.4, 0.5) is 35.1 Å². The maximum absolute atomic E-state index is 15.0. The summed E-state index contributed by atoms with van der Waals surface area (Å²) in [5.41, 5.74) is 2.28. The van der Waals surface area contributed by atoms with Gasteiger partial charge in [0.25, 0.3) is 0 Å². The third kappa shape index (κ3) is 5.62. The van der Waals surface area contributed by atoms with Crippen molar-refractivity contribution >= 4 is 10.8 Å². The van der Waals surface area contributed by atoms with E-state index < -0.39 is 57.4 Å². The lowest BCUT2D eigenvalue weighted by molar-refractivity contribution is -0.185. The van der Waals surface area contributed by atoms with Crippen molar-refractivity contribution in [3.63, 3.8) is 0 Å². The lowest BCUT2D eigenvalue weighted by atomic mass is 9.83. The van der Waals surface area contributed by atoms with Crippen LogP contribution in [0.5, 0.6) is 5.75 Å². The molecule has 0 radical (unpaired) electrons. The molecule has 0 saturated heterocycles. The molecular weight excluding hydrogens is 540 g/mol. The average Bonchev–Trinajstić information content (AvgIpc) is 2.87. The van der Waals surface area contributed by atoms with Crippen LogP contribution < -0.4 is 4.74 Å². The molecule has 0 aromatic heterocycles. The molecule has 4 aromatic carbocycles. The van der Waals surface area contributed by atoms with Crippen molar-refractivity contribution in [1.82, 2.24) is 0 Å². The van der Waals surface area contributed by atoms with Gasteiger partial charge in [0.15, 0.2) is 5.82 Å². The first kappa shape index (κ1) is 27.5. The van der Waals surface area contributed by atoms with Gasteiger partial charge in [0, 0.05) is 12.0 Å². The van der Waals surface area contributed by atoms with Crippen molar-refractivity contribution < 1.29 is 39.9 Å². The van der Waals surface area contributed by atoms with Gasteiger partial charge in [0.1, 0.15) is 17.4 Å². The van der Waals surface area contributed by atoms with Crippen LogP contribution in [0.1, 0.15) is 35.6 Å². The number of hydrogen-bond donors (Lipinski definition) is 0. The molecule has 0 fully saturated rings. The third-order valence-electron chi connectivity index (χ3n) is 6.86. The maximum atomic E-state index is 15.0. The van der Waals surface area contributed by atoms with Crippen molar-refractivity contribution in [1.29, 1.82) is 0 Å². The molecule has 1 atom stereocenters. The fraction of sp³-hybridized carbons (Fsp3) is 0.226. The van der Waals surface area contributed by atoms with E-state index in [4.69, 9.17) is 4.74 Å². The maximum Gasteiger partial charge on any atom is 0.458 e. The SMILES string of the molecule is CC1CCc2cc(-c3ccc(C(F)(F)Oc4cc(F)c5c(F)c(C#CC(F)(F)F)c(F)cc5c4)cc3)ccc2C1. The van der Waals surface area contributed by atoms with Crippen molar-refractivity contribution in [2.75, 3.05) is 0 Å². The monoisotopic (exact) mass is 560 g/mol. The van der Waals surface area contributed by atoms with Gasteiger partial charge in [-0.05, 0) is 77.1 Å². The molecular formula is C31H20F8O. The summed E-state index contributed by atoms with van der Waals surface area (Å²) in [6, 6.07) is 13.1. The third-order valence-corrected chi connectivity index (χ3v) is 6.86. The first-order valence-corrected chi connectivity index (χ1v) is 12.3. The Labute approximate surface area is 224 Å². The summed E-state index contributed by atoms with van der Waals surface area (Å²) in [6.07, 6.45) is -5.94. The van der Waals surface area contributed by atoms with E-state index in [-0.39, 0.29) is 0 Å². The number of halogens is 8. The second-order valence-electron chi connectivity index (χ2n) is 9.83. The van der Waals surface area contributed by atoms with Crippen LogP contribution in [-0.4, -0.2) is 6.18 Å². The summed E-state index contributed by atoms with van der Waals surface area (Å²) in [6.45, 7) is 2.20. The number of aryl methyl sites for hydroxylation is 1. The highest BCUT2D eigenvalue weighted by Gasteiger charge is 2.35. The van der Waals surface area contributed by atoms with E-state index in [1.807, 2.05) is 6.07 Å². The van der Waals surface area contributed by atoms with Gasteiger partial charge in [-0.3, -0.25) is 0 Å². The lowest BCUT2D eigenvalue weighted by Crippen LogP contribution is -2.21. The molecule has 0 bridgehead atoms. The number of rotatable bonds is 4. The molecule has 9 heteroatoms. The Bertz CT molecular complexity index is 1660. The van der Waals surface area contributed by atoms with E-state index >= 15 is 0 Å². The molecule has 0 N–H and O–H groups in total. The highest BCUT2D eigenvalue weighted by atomic mass is 19.4. The number of ether oxygens (including phenoxy) is 1. The zero-order chi connectivity index (χ0) is 28.8. The first-order chi connectivity index (χ1) is 18.8. The van der Waals surface area contributed by atoms with Gasteiger partial charge in [-0.25, -0.2) is 13.2 Å². The van der Waals surface area contributed by atoms with E-state index in [0.29, 0.717) is 23.6 Å². The van der Waals surface area contributed by atoms with Crippen LogP contribution in [0.3, 0.4) is 0 Å². The van der Waals surface area contributed by atoms with Gasteiger partial charge in [-0.15, -0.1) is 0 Å². The quantitative estimate of drug-likeness (QED) is 0.179. The van der Waals surface area contributed by atoms with Gasteiger partial charge in [-0.1, -0.05) is 43.2 Å². The summed E-state index contributed by atoms with van der Waals surface area (Å²) >= 11 is 0. The summed E-state index contributed by atoms with van der Waals surface area (Å²) in [7, 11) is 0. The largest absolute Gasteiger partial charge is 0.458 e. The Kier molecular flexibility index (Phi) is 6.99. The second kappa shape index (κ2) is 10.2. The van der Waals surface area contributed by atoms with Crippen LogP contribution >= 0.6 is 0 Å². The average molecular weight is 560 g/mol. The number of benzene rings is 4. The molecule has 206 valence electrons. The van der Waals surface area contributed by atoms with Crippen LogP contribution in [-0.2, 0) is 19.0 Å². The molecule has 0 amide bonds. The van der Waals surface area contributed by atoms with E-state index in [1.165, 1.54) is 41.3 Å². The predicted octanol–water partition coefficient (Wildman–Crippen LogP) is 9.09. The van der Waals surface area contributed by atoms with E-state index in [2.05, 4.69) is 19.1 Å². The highest BCUT2D eigenvalue weighted by molar-refractivity contribution is 5.87. The minimum Gasteiger partial charge on any atom is -0.429 e. The number of hydrogen-bond acceptors (Lipinski definition) is 1. The van der Waals surface area contributed by atoms with Crippen LogP contribution in [0.25, 0.3) is 21.9 Å². The van der Waals surface area contributed by atoms with Gasteiger partial charge in [-0.2, -0.15) is 22.0 Å². The number of alkyl halides is 5. The Morgan fingerprint density at radius 2 is 1.50 bits per heavy atom. The summed E-state index contributed by atoms with van der Waals surface area (Å²) in [5, 5.41) is -1.44. The van der Waals surface area contributed by atoms with Gasteiger partial charge in [0.05, 0.1) is 16.5 Å². The normalized spacial score (nSPS) is 15.4. The standard InChI is InChI=1S/C31H20F8O/c1-17-2-3-21-13-20(5-4-19(21)12-17)18-6-8-23(9-7-18)31(38,39)40-24-14-22-15-26(32)25(10-11-30(35,36)37)29(34)28(22)27(33)16-24/h4-9,13-17H,2-3,12H2,1H3. The molecule has 1 unspecified atom stereocenters. The molecule has 0 spiro atoms. The summed E-state index contributed by atoms with van der Waals surface area (Å²) < 4.78 is 115. The van der Waals surface area contributed by atoms with Crippen LogP contribution in [0, 0.1) is 35.2 Å². The van der Waals surface area contributed by atoms with Crippen molar-refractivity contribution in [3.05, 3.63) is 100 Å². The Balaban J connectivity index is 1.41. The van der Waals surface area contributed by atoms with Crippen LogP contribution in [0.15, 0.2) is 60.7 Å². The molecule has 0 saturated carbocycles. The number of fused-ring (bicyclic) bond motifs is 2. The van der Waals surface area contributed by atoms with E-state index in [0.717, 1.165) is 36.8 Å². The fourth-order valence-corrected chi connectivity index (χ4v) is 4.87. The second-order valence-corrected chi connectivity index (χ2v) is 9.83. The molecule has 1 aliphatic carbocycles. The minimum absolute atomic E-state index is 0.445. The Hall–Kier alpha value is -4.06. The van der Waals surface area contributed by atoms with Gasteiger partial charge in [0.2, 0.25) is 0 Å². The first-order valence-electron chi connectivity index (χ1n) is 12.3. The highest BCUT2D eigenvalue weighted by Crippen LogP contribution is 2.37. The molecule has 5 rings (SSSR count). The van der Waals surface area contributed by atoms with Gasteiger partial charge >= 0.3 is 12.3 Å². The van der Waals surface area contributed by atoms with Crippen molar-refractivity contribution in [2.45, 2.75) is 38.5 Å². The molecule has 1 nitrogen and oxygen atoms in total.